The Labute approximate surface area is 196 Å². The van der Waals surface area contributed by atoms with E-state index in [0.29, 0.717) is 18.3 Å². The number of nitrogens with zero attached hydrogens (tertiary/aromatic N) is 2. The van der Waals surface area contributed by atoms with Crippen molar-refractivity contribution in [3.8, 4) is 0 Å². The number of benzene rings is 1. The summed E-state index contributed by atoms with van der Waals surface area (Å²) in [7, 11) is 1.62. The van der Waals surface area contributed by atoms with Gasteiger partial charge in [0.2, 0.25) is 5.91 Å². The van der Waals surface area contributed by atoms with Gasteiger partial charge < -0.3 is 10.1 Å². The third kappa shape index (κ3) is 4.63. The van der Waals surface area contributed by atoms with E-state index >= 15 is 0 Å². The van der Waals surface area contributed by atoms with Gasteiger partial charge in [-0.1, -0.05) is 36.9 Å². The number of aromatic nitrogens is 2. The first-order chi connectivity index (χ1) is 15.5. The molecule has 32 heavy (non-hydrogen) atoms. The van der Waals surface area contributed by atoms with Crippen LogP contribution in [0.1, 0.15) is 41.3 Å². The number of rotatable bonds is 8. The van der Waals surface area contributed by atoms with Crippen LogP contribution < -0.4 is 10.9 Å². The fraction of sp³-hybridized carbons (Fsp3) is 0.458. The summed E-state index contributed by atoms with van der Waals surface area (Å²) < 4.78 is 6.91. The first-order valence-electron chi connectivity index (χ1n) is 11.1. The van der Waals surface area contributed by atoms with Crippen molar-refractivity contribution in [2.45, 2.75) is 57.7 Å². The lowest BCUT2D eigenvalue weighted by Gasteiger charge is -2.14. The van der Waals surface area contributed by atoms with Crippen LogP contribution >= 0.6 is 23.1 Å². The maximum atomic E-state index is 13.4. The molecule has 1 aliphatic rings. The van der Waals surface area contributed by atoms with Gasteiger partial charge in [0, 0.05) is 17.7 Å². The summed E-state index contributed by atoms with van der Waals surface area (Å²) >= 11 is 2.94. The minimum absolute atomic E-state index is 0.0125. The molecule has 0 fully saturated rings. The number of thiophene rings is 1. The van der Waals surface area contributed by atoms with E-state index in [2.05, 4.69) is 12.2 Å². The lowest BCUT2D eigenvalue weighted by atomic mass is 9.97. The maximum Gasteiger partial charge on any atom is 0.263 e. The molecule has 0 saturated carbocycles. The zero-order valence-electron chi connectivity index (χ0n) is 18.8. The summed E-state index contributed by atoms with van der Waals surface area (Å²) in [4.78, 5) is 33.1. The molecule has 0 bridgehead atoms. The molecule has 3 aromatic rings. The van der Waals surface area contributed by atoms with Crippen molar-refractivity contribution in [1.82, 2.24) is 9.55 Å². The lowest BCUT2D eigenvalue weighted by molar-refractivity contribution is -0.113. The van der Waals surface area contributed by atoms with Crippen molar-refractivity contribution in [1.29, 1.82) is 0 Å². The summed E-state index contributed by atoms with van der Waals surface area (Å²) in [6, 6.07) is 6.04. The van der Waals surface area contributed by atoms with Gasteiger partial charge in [0.1, 0.15) is 4.83 Å². The van der Waals surface area contributed by atoms with E-state index in [4.69, 9.17) is 9.72 Å². The second-order valence-corrected chi connectivity index (χ2v) is 10.1. The Morgan fingerprint density at radius 2 is 2.12 bits per heavy atom. The van der Waals surface area contributed by atoms with Crippen LogP contribution in [0.5, 0.6) is 0 Å². The Bertz CT molecular complexity index is 1200. The van der Waals surface area contributed by atoms with Crippen LogP contribution in [0.2, 0.25) is 0 Å². The molecule has 170 valence electrons. The first-order valence-corrected chi connectivity index (χ1v) is 12.9. The fourth-order valence-corrected chi connectivity index (χ4v) is 6.35. The number of hydrogen-bond acceptors (Lipinski definition) is 6. The average molecular weight is 472 g/mol. The number of fused-ring (bicyclic) bond motifs is 3. The molecule has 0 spiro atoms. The third-order valence-corrected chi connectivity index (χ3v) is 8.06. The van der Waals surface area contributed by atoms with Gasteiger partial charge in [0.05, 0.1) is 24.3 Å². The summed E-state index contributed by atoms with van der Waals surface area (Å²) in [5.41, 5.74) is 4.21. The molecule has 0 radical (unpaired) electrons. The summed E-state index contributed by atoms with van der Waals surface area (Å²) in [5.74, 6) is 0.0881. The van der Waals surface area contributed by atoms with Crippen molar-refractivity contribution in [3.63, 3.8) is 0 Å². The highest BCUT2D eigenvalue weighted by Crippen LogP contribution is 2.34. The number of nitrogens with one attached hydrogen (secondary N) is 1. The maximum absolute atomic E-state index is 13.4. The molecule has 6 nitrogen and oxygen atoms in total. The smallest absolute Gasteiger partial charge is 0.263 e. The van der Waals surface area contributed by atoms with Crippen LogP contribution in [0.4, 0.5) is 5.69 Å². The Morgan fingerprint density at radius 1 is 1.31 bits per heavy atom. The SMILES string of the molecule is CCc1cccc(C)c1NC(=O)CSc1nc2sc3c(c2c(=O)n1CCOC)CCCC3. The summed E-state index contributed by atoms with van der Waals surface area (Å²) in [5, 5.41) is 4.40. The van der Waals surface area contributed by atoms with Gasteiger partial charge in [-0.25, -0.2) is 4.98 Å². The van der Waals surface area contributed by atoms with E-state index in [0.717, 1.165) is 59.1 Å². The van der Waals surface area contributed by atoms with Gasteiger partial charge in [0.25, 0.3) is 5.56 Å². The zero-order valence-corrected chi connectivity index (χ0v) is 20.5. The molecule has 2 heterocycles. The highest BCUT2D eigenvalue weighted by Gasteiger charge is 2.22. The number of amides is 1. The average Bonchev–Trinajstić information content (AvgIpc) is 3.17. The van der Waals surface area contributed by atoms with Crippen molar-refractivity contribution >= 4 is 44.9 Å². The second-order valence-electron chi connectivity index (χ2n) is 8.03. The van der Waals surface area contributed by atoms with E-state index < -0.39 is 0 Å². The van der Waals surface area contributed by atoms with Crippen molar-refractivity contribution in [2.75, 3.05) is 24.8 Å². The van der Waals surface area contributed by atoms with Crippen LogP contribution in [0, 0.1) is 6.92 Å². The molecule has 1 aromatic carbocycles. The molecule has 1 aliphatic carbocycles. The Balaban J connectivity index is 1.61. The predicted molar refractivity (Wildman–Crippen MR) is 132 cm³/mol. The van der Waals surface area contributed by atoms with Crippen LogP contribution in [0.15, 0.2) is 28.2 Å². The molecule has 0 atom stereocenters. The van der Waals surface area contributed by atoms with E-state index in [9.17, 15) is 9.59 Å². The van der Waals surface area contributed by atoms with Crippen molar-refractivity contribution in [2.24, 2.45) is 0 Å². The van der Waals surface area contributed by atoms with E-state index in [1.807, 2.05) is 25.1 Å². The lowest BCUT2D eigenvalue weighted by Crippen LogP contribution is -2.26. The molecule has 4 rings (SSSR count). The number of methoxy groups -OCH3 is 1. The number of hydrogen-bond donors (Lipinski definition) is 1. The first kappa shape index (κ1) is 23.0. The molecule has 2 aromatic heterocycles. The predicted octanol–water partition coefficient (Wildman–Crippen LogP) is 4.58. The van der Waals surface area contributed by atoms with E-state index in [1.165, 1.54) is 22.2 Å². The number of anilines is 1. The van der Waals surface area contributed by atoms with Gasteiger partial charge in [-0.15, -0.1) is 11.3 Å². The zero-order chi connectivity index (χ0) is 22.7. The standard InChI is InChI=1S/C24H29N3O3S2/c1-4-16-9-7-8-15(2)21(16)25-19(28)14-31-24-26-22-20(23(29)27(24)12-13-30-3)17-10-5-6-11-18(17)32-22/h7-9H,4-6,10-14H2,1-3H3,(H,25,28). The van der Waals surface area contributed by atoms with Gasteiger partial charge in [0.15, 0.2) is 5.16 Å². The van der Waals surface area contributed by atoms with Gasteiger partial charge in [-0.05, 0) is 55.7 Å². The molecular weight excluding hydrogens is 442 g/mol. The molecule has 0 saturated heterocycles. The normalized spacial score (nSPS) is 13.3. The molecule has 1 N–H and O–H groups in total. The van der Waals surface area contributed by atoms with Gasteiger partial charge >= 0.3 is 0 Å². The van der Waals surface area contributed by atoms with E-state index in [1.54, 1.807) is 23.0 Å². The van der Waals surface area contributed by atoms with Crippen LogP contribution in [-0.4, -0.2) is 34.9 Å². The van der Waals surface area contributed by atoms with E-state index in [-0.39, 0.29) is 17.2 Å². The van der Waals surface area contributed by atoms with Crippen molar-refractivity contribution < 1.29 is 9.53 Å². The number of carbonyl (C=O) groups is 1. The van der Waals surface area contributed by atoms with Crippen LogP contribution in [0.25, 0.3) is 10.2 Å². The van der Waals surface area contributed by atoms with Crippen LogP contribution in [0.3, 0.4) is 0 Å². The van der Waals surface area contributed by atoms with Crippen LogP contribution in [-0.2, 0) is 35.3 Å². The van der Waals surface area contributed by atoms with Gasteiger partial charge in [-0.2, -0.15) is 0 Å². The Kier molecular flexibility index (Phi) is 7.33. The highest BCUT2D eigenvalue weighted by molar-refractivity contribution is 7.99. The Morgan fingerprint density at radius 3 is 2.91 bits per heavy atom. The topological polar surface area (TPSA) is 73.2 Å². The number of para-hydroxylation sites is 1. The monoisotopic (exact) mass is 471 g/mol. The summed E-state index contributed by atoms with van der Waals surface area (Å²) in [6.45, 7) is 4.92. The molecule has 0 aliphatic heterocycles. The largest absolute Gasteiger partial charge is 0.383 e. The fourth-order valence-electron chi connectivity index (χ4n) is 4.22. The third-order valence-electron chi connectivity index (χ3n) is 5.90. The minimum Gasteiger partial charge on any atom is -0.383 e. The van der Waals surface area contributed by atoms with Crippen molar-refractivity contribution in [3.05, 3.63) is 50.1 Å². The second kappa shape index (κ2) is 10.2. The summed E-state index contributed by atoms with van der Waals surface area (Å²) in [6.07, 6.45) is 5.10. The number of aryl methyl sites for hydroxylation is 4. The molecule has 0 unspecified atom stereocenters. The minimum atomic E-state index is -0.0999. The number of ether oxygens (including phenoxy) is 1. The molecular formula is C24H29N3O3S2. The molecule has 8 heteroatoms. The number of thioether (sulfide) groups is 1. The Hall–Kier alpha value is -2.16. The highest BCUT2D eigenvalue weighted by atomic mass is 32.2. The quantitative estimate of drug-likeness (QED) is 0.384. The van der Waals surface area contributed by atoms with Gasteiger partial charge in [-0.3, -0.25) is 14.2 Å². The molecule has 1 amide bonds. The number of carbonyl (C=O) groups excluding carboxylic acids is 1.